The van der Waals surface area contributed by atoms with Gasteiger partial charge in [-0.2, -0.15) is 0 Å². The summed E-state index contributed by atoms with van der Waals surface area (Å²) in [6.07, 6.45) is 6.61. The van der Waals surface area contributed by atoms with E-state index < -0.39 is 5.60 Å². The van der Waals surface area contributed by atoms with E-state index in [-0.39, 0.29) is 12.1 Å². The minimum Gasteiger partial charge on any atom is -0.444 e. The Morgan fingerprint density at radius 2 is 1.80 bits per heavy atom. The highest BCUT2D eigenvalue weighted by Gasteiger charge is 2.35. The number of ether oxygens (including phenoxy) is 1. The first kappa shape index (κ1) is 18.0. The average molecular weight is 341 g/mol. The van der Waals surface area contributed by atoms with Crippen molar-refractivity contribution in [2.24, 2.45) is 0 Å². The Morgan fingerprint density at radius 1 is 1.12 bits per heavy atom. The van der Waals surface area contributed by atoms with Gasteiger partial charge in [0.15, 0.2) is 0 Å². The molecule has 1 heterocycles. The molecular weight excluding hydrogens is 310 g/mol. The summed E-state index contributed by atoms with van der Waals surface area (Å²) in [5, 5.41) is 0. The molecule has 1 amide bonds. The van der Waals surface area contributed by atoms with E-state index in [1.165, 1.54) is 36.0 Å². The van der Waals surface area contributed by atoms with E-state index in [0.29, 0.717) is 0 Å². The molecule has 136 valence electrons. The van der Waals surface area contributed by atoms with E-state index in [1.54, 1.807) is 5.57 Å². The van der Waals surface area contributed by atoms with Crippen molar-refractivity contribution in [1.82, 2.24) is 4.90 Å². The summed E-state index contributed by atoms with van der Waals surface area (Å²) in [6, 6.07) is 8.86. The maximum atomic E-state index is 12.8. The molecule has 3 nitrogen and oxygen atoms in total. The average Bonchev–Trinajstić information content (AvgIpc) is 2.55. The summed E-state index contributed by atoms with van der Waals surface area (Å²) in [4.78, 5) is 14.8. The summed E-state index contributed by atoms with van der Waals surface area (Å²) in [6.45, 7) is 8.71. The third kappa shape index (κ3) is 4.45. The largest absolute Gasteiger partial charge is 0.444 e. The highest BCUT2D eigenvalue weighted by atomic mass is 16.6. The Morgan fingerprint density at radius 3 is 2.48 bits per heavy atom. The van der Waals surface area contributed by atoms with Crippen LogP contribution in [0.2, 0.25) is 0 Å². The standard InChI is InChI=1S/C22H31NO2/c1-16-9-11-17(12-10-16)15-20-19-8-6-5-7-18(19)13-14-23(20)21(24)25-22(2,3)4/h9-12,20H,5-8,13-15H2,1-4H3/t20-/m0/s1. The molecule has 0 fully saturated rings. The SMILES string of the molecule is Cc1ccc(C[C@H]2C3=C(CCCC3)CCN2C(=O)OC(C)(C)C)cc1. The van der Waals surface area contributed by atoms with Crippen LogP contribution in [0.25, 0.3) is 0 Å². The van der Waals surface area contributed by atoms with Gasteiger partial charge in [0.2, 0.25) is 0 Å². The smallest absolute Gasteiger partial charge is 0.410 e. The van der Waals surface area contributed by atoms with E-state index in [0.717, 1.165) is 25.8 Å². The fourth-order valence-corrected chi connectivity index (χ4v) is 4.00. The zero-order valence-corrected chi connectivity index (χ0v) is 16.1. The van der Waals surface area contributed by atoms with Gasteiger partial charge in [-0.1, -0.05) is 35.4 Å². The Balaban J connectivity index is 1.87. The molecule has 1 aliphatic heterocycles. The van der Waals surface area contributed by atoms with Gasteiger partial charge in [-0.15, -0.1) is 0 Å². The quantitative estimate of drug-likeness (QED) is 0.672. The number of carbonyl (C=O) groups is 1. The molecule has 0 N–H and O–H groups in total. The maximum Gasteiger partial charge on any atom is 0.410 e. The van der Waals surface area contributed by atoms with Crippen LogP contribution < -0.4 is 0 Å². The van der Waals surface area contributed by atoms with Crippen LogP contribution in [0, 0.1) is 6.92 Å². The van der Waals surface area contributed by atoms with Crippen molar-refractivity contribution in [1.29, 1.82) is 0 Å². The van der Waals surface area contributed by atoms with Crippen molar-refractivity contribution in [3.63, 3.8) is 0 Å². The van der Waals surface area contributed by atoms with Gasteiger partial charge in [-0.25, -0.2) is 4.79 Å². The van der Waals surface area contributed by atoms with Gasteiger partial charge in [-0.05, 0) is 77.4 Å². The van der Waals surface area contributed by atoms with Gasteiger partial charge < -0.3 is 9.64 Å². The molecule has 1 aliphatic carbocycles. The fourth-order valence-electron chi connectivity index (χ4n) is 4.00. The summed E-state index contributed by atoms with van der Waals surface area (Å²) in [5.41, 5.74) is 5.22. The van der Waals surface area contributed by atoms with Gasteiger partial charge in [0.05, 0.1) is 6.04 Å². The number of hydrogen-bond acceptors (Lipinski definition) is 2. The van der Waals surface area contributed by atoms with Crippen LogP contribution in [0.15, 0.2) is 35.4 Å². The van der Waals surface area contributed by atoms with E-state index in [4.69, 9.17) is 4.74 Å². The highest BCUT2D eigenvalue weighted by molar-refractivity contribution is 5.70. The van der Waals surface area contributed by atoms with Gasteiger partial charge in [-0.3, -0.25) is 0 Å². The van der Waals surface area contributed by atoms with Crippen LogP contribution in [0.3, 0.4) is 0 Å². The van der Waals surface area contributed by atoms with E-state index in [2.05, 4.69) is 31.2 Å². The summed E-state index contributed by atoms with van der Waals surface area (Å²) in [5.74, 6) is 0. The molecule has 0 unspecified atom stereocenters. The van der Waals surface area contributed by atoms with Crippen LogP contribution in [-0.2, 0) is 11.2 Å². The zero-order valence-electron chi connectivity index (χ0n) is 16.1. The lowest BCUT2D eigenvalue weighted by Gasteiger charge is -2.41. The van der Waals surface area contributed by atoms with Crippen LogP contribution in [0.1, 0.15) is 64.0 Å². The topological polar surface area (TPSA) is 29.5 Å². The summed E-state index contributed by atoms with van der Waals surface area (Å²) < 4.78 is 5.71. The Bertz CT molecular complexity index is 652. The first-order chi connectivity index (χ1) is 11.8. The minimum atomic E-state index is -0.452. The number of hydrogen-bond donors (Lipinski definition) is 0. The molecule has 0 saturated heterocycles. The van der Waals surface area contributed by atoms with Crippen LogP contribution in [-0.4, -0.2) is 29.2 Å². The zero-order chi connectivity index (χ0) is 18.0. The van der Waals surface area contributed by atoms with Crippen molar-refractivity contribution in [3.8, 4) is 0 Å². The van der Waals surface area contributed by atoms with Crippen LogP contribution >= 0.6 is 0 Å². The van der Waals surface area contributed by atoms with Crippen molar-refractivity contribution >= 4 is 6.09 Å². The van der Waals surface area contributed by atoms with E-state index in [1.807, 2.05) is 25.7 Å². The molecule has 0 radical (unpaired) electrons. The normalized spacial score (nSPS) is 21.1. The van der Waals surface area contributed by atoms with Gasteiger partial charge in [0.1, 0.15) is 5.60 Å². The van der Waals surface area contributed by atoms with Crippen molar-refractivity contribution in [3.05, 3.63) is 46.5 Å². The van der Waals surface area contributed by atoms with Crippen LogP contribution in [0.4, 0.5) is 4.79 Å². The van der Waals surface area contributed by atoms with Gasteiger partial charge in [0.25, 0.3) is 0 Å². The van der Waals surface area contributed by atoms with E-state index in [9.17, 15) is 4.79 Å². The molecule has 0 bridgehead atoms. The molecule has 2 aliphatic rings. The second-order valence-electron chi connectivity index (χ2n) is 8.47. The highest BCUT2D eigenvalue weighted by Crippen LogP contribution is 2.37. The lowest BCUT2D eigenvalue weighted by molar-refractivity contribution is 0.0171. The molecule has 0 aromatic heterocycles. The Hall–Kier alpha value is -1.77. The third-order valence-corrected chi connectivity index (χ3v) is 5.24. The van der Waals surface area contributed by atoms with Gasteiger partial charge in [0, 0.05) is 6.54 Å². The lowest BCUT2D eigenvalue weighted by atomic mass is 9.80. The number of nitrogens with zero attached hydrogens (tertiary/aromatic N) is 1. The Kier molecular flexibility index (Phi) is 5.21. The predicted molar refractivity (Wildman–Crippen MR) is 102 cm³/mol. The third-order valence-electron chi connectivity index (χ3n) is 5.24. The molecule has 3 rings (SSSR count). The van der Waals surface area contributed by atoms with Crippen LogP contribution in [0.5, 0.6) is 0 Å². The fraction of sp³-hybridized carbons (Fsp3) is 0.591. The predicted octanol–water partition coefficient (Wildman–Crippen LogP) is 5.42. The van der Waals surface area contributed by atoms with Crippen molar-refractivity contribution < 1.29 is 9.53 Å². The Labute approximate surface area is 152 Å². The number of amides is 1. The summed E-state index contributed by atoms with van der Waals surface area (Å²) in [7, 11) is 0. The maximum absolute atomic E-state index is 12.8. The molecule has 0 spiro atoms. The monoisotopic (exact) mass is 341 g/mol. The molecule has 1 aromatic rings. The van der Waals surface area contributed by atoms with Crippen molar-refractivity contribution in [2.45, 2.75) is 77.9 Å². The first-order valence-corrected chi connectivity index (χ1v) is 9.59. The molecule has 25 heavy (non-hydrogen) atoms. The molecule has 1 atom stereocenters. The molecule has 0 saturated carbocycles. The summed E-state index contributed by atoms with van der Waals surface area (Å²) >= 11 is 0. The minimum absolute atomic E-state index is 0.154. The second kappa shape index (κ2) is 7.23. The number of carbonyl (C=O) groups excluding carboxylic acids is 1. The van der Waals surface area contributed by atoms with Crippen molar-refractivity contribution in [2.75, 3.05) is 6.54 Å². The van der Waals surface area contributed by atoms with Gasteiger partial charge >= 0.3 is 6.09 Å². The second-order valence-corrected chi connectivity index (χ2v) is 8.47. The molecule has 3 heteroatoms. The lowest BCUT2D eigenvalue weighted by Crippen LogP contribution is -2.48. The number of benzene rings is 1. The number of rotatable bonds is 2. The van der Waals surface area contributed by atoms with E-state index >= 15 is 0 Å². The first-order valence-electron chi connectivity index (χ1n) is 9.59. The number of aryl methyl sites for hydroxylation is 1. The molecular formula is C22H31NO2. The molecule has 1 aromatic carbocycles.